The first kappa shape index (κ1) is 68.4. The lowest BCUT2D eigenvalue weighted by molar-refractivity contribution is -0.456. The molecule has 45 heteroatoms. The molecule has 0 N–H and O–H groups in total. The Kier molecular flexibility index (Phi) is 24.6. The molecule has 0 spiro atoms. The Labute approximate surface area is 396 Å². The van der Waals surface area contributed by atoms with Gasteiger partial charge in [-0.3, -0.25) is 9.21 Å². The van der Waals surface area contributed by atoms with Gasteiger partial charge in [-0.15, -0.1) is 0 Å². The molecule has 0 aromatic rings. The Morgan fingerprint density at radius 1 is 0.333 bits per heavy atom. The fourth-order valence-electron chi connectivity index (χ4n) is 3.79. The molecule has 0 aromatic carbocycles. The molecule has 0 amide bonds. The summed E-state index contributed by atoms with van der Waals surface area (Å²) in [5.74, 6) is -18.4. The van der Waals surface area contributed by atoms with Crippen LogP contribution in [0.15, 0.2) is 0 Å². The van der Waals surface area contributed by atoms with Crippen LogP contribution in [0.2, 0.25) is 0 Å². The lowest BCUT2D eigenvalue weighted by atomic mass is 10.1. The van der Waals surface area contributed by atoms with Crippen molar-refractivity contribution >= 4 is 86.6 Å². The average Bonchev–Trinajstić information content (AvgIpc) is 3.16. The zero-order valence-electron chi connectivity index (χ0n) is 31.6. The zero-order chi connectivity index (χ0) is 55.1. The summed E-state index contributed by atoms with van der Waals surface area (Å²) in [5, 5.41) is 0. The summed E-state index contributed by atoms with van der Waals surface area (Å²) < 4.78 is 439. The molecule has 0 fully saturated rings. The zero-order valence-corrected chi connectivity index (χ0v) is 40.8. The number of hydrogen-bond donors (Lipinski definition) is 0. The van der Waals surface area contributed by atoms with Crippen molar-refractivity contribution in [3.63, 3.8) is 0 Å². The molecule has 0 rings (SSSR count). The van der Waals surface area contributed by atoms with Crippen molar-refractivity contribution in [1.82, 2.24) is 0 Å². The van der Waals surface area contributed by atoms with Crippen LogP contribution in [-0.4, -0.2) is 122 Å². The normalized spacial score (nSPS) is 16.5. The van der Waals surface area contributed by atoms with Gasteiger partial charge in [-0.25, -0.2) is 41.6 Å². The summed E-state index contributed by atoms with van der Waals surface area (Å²) in [4.78, 5) is 0. The van der Waals surface area contributed by atoms with E-state index < -0.39 is 228 Å². The first-order valence-corrected chi connectivity index (χ1v) is 26.1. The molecule has 0 saturated heterocycles. The third-order valence-corrected chi connectivity index (χ3v) is 14.0. The standard InChI is InChI=1S/C24H20F24I3O15P3/c25-13(26,16(31,32)64-19(37,38)22(43,44)67(55)56)1-9(49-52)4-61-7-12(63-6-11(51-54)3-15(29,30)18(35,36)66-21(41,42)24(47,48)69(59)60)8-62-5-10(50-53)2-14(27,28)17(33,34)65-20(39,40)23(45,46)68(57)58/h9-12H,1-8H2. The molecule has 0 saturated carbocycles. The number of hydrogen-bond acceptors (Lipinski definition) is 15. The number of ether oxygens (including phenoxy) is 6. The fraction of sp³-hybridized carbons (Fsp3) is 1.00. The average molecular weight is 1480 g/mol. The van der Waals surface area contributed by atoms with Crippen LogP contribution in [0.25, 0.3) is 0 Å². The van der Waals surface area contributed by atoms with Crippen LogP contribution in [0, 0.1) is 0 Å². The second-order valence-corrected chi connectivity index (χ2v) is 22.7. The summed E-state index contributed by atoms with van der Waals surface area (Å²) in [6, 6.07) is 0. The maximum atomic E-state index is 14.4. The van der Waals surface area contributed by atoms with E-state index in [1.165, 1.54) is 0 Å². The highest BCUT2D eigenvalue weighted by molar-refractivity contribution is 14.1. The molecule has 0 aromatic heterocycles. The van der Waals surface area contributed by atoms with Gasteiger partial charge in [0, 0.05) is 19.3 Å². The van der Waals surface area contributed by atoms with Crippen molar-refractivity contribution < 1.29 is 170 Å². The molecular weight excluding hydrogens is 1460 g/mol. The first-order valence-electron chi connectivity index (χ1n) is 16.1. The maximum absolute atomic E-state index is 14.4. The molecule has 0 aliphatic heterocycles. The summed E-state index contributed by atoms with van der Waals surface area (Å²) >= 11 is -9.63. The van der Waals surface area contributed by atoms with Crippen molar-refractivity contribution in [2.45, 2.75) is 109 Å². The molecule has 0 heterocycles. The maximum Gasteiger partial charge on any atom is 0.443 e. The monoisotopic (exact) mass is 1480 g/mol. The van der Waals surface area contributed by atoms with E-state index in [9.17, 15) is 142 Å². The highest BCUT2D eigenvalue weighted by Gasteiger charge is 2.74. The van der Waals surface area contributed by atoms with Gasteiger partial charge in [0.25, 0.3) is 0 Å². The van der Waals surface area contributed by atoms with Crippen molar-refractivity contribution in [2.24, 2.45) is 0 Å². The summed E-state index contributed by atoms with van der Waals surface area (Å²) in [7, 11) is -17.1. The van der Waals surface area contributed by atoms with E-state index in [1.807, 2.05) is 0 Å². The van der Waals surface area contributed by atoms with E-state index in [0.717, 1.165) is 0 Å². The second-order valence-electron chi connectivity index (χ2n) is 12.6. The van der Waals surface area contributed by atoms with Gasteiger partial charge < -0.3 is 14.2 Å². The van der Waals surface area contributed by atoms with Crippen molar-refractivity contribution in [1.29, 1.82) is 0 Å². The van der Waals surface area contributed by atoms with Crippen LogP contribution in [0.1, 0.15) is 19.3 Å². The predicted octanol–water partition coefficient (Wildman–Crippen LogP) is 12.4. The molecule has 69 heavy (non-hydrogen) atoms. The van der Waals surface area contributed by atoms with Gasteiger partial charge in [-0.2, -0.15) is 105 Å². The van der Waals surface area contributed by atoms with Crippen LogP contribution in [0.5, 0.6) is 0 Å². The van der Waals surface area contributed by atoms with Gasteiger partial charge in [0.05, 0.1) is 44.8 Å². The van der Waals surface area contributed by atoms with Gasteiger partial charge in [0.15, 0.2) is 0 Å². The fourth-order valence-corrected chi connectivity index (χ4v) is 7.92. The molecule has 3 unspecified atom stereocenters. The third kappa shape index (κ3) is 17.7. The Balaban J connectivity index is 6.53. The lowest BCUT2D eigenvalue weighted by Crippen LogP contribution is -2.53. The van der Waals surface area contributed by atoms with Crippen molar-refractivity contribution in [3.8, 4) is 0 Å². The van der Waals surface area contributed by atoms with Crippen LogP contribution in [0.3, 0.4) is 0 Å². The minimum absolute atomic E-state index is 1.54. The molecular formula is C24H20F24I3O15P3. The minimum Gasteiger partial charge on any atom is -0.377 e. The van der Waals surface area contributed by atoms with E-state index in [-0.39, 0.29) is 0 Å². The van der Waals surface area contributed by atoms with Crippen LogP contribution in [0.4, 0.5) is 105 Å². The van der Waals surface area contributed by atoms with Gasteiger partial charge >= 0.3 is 94.5 Å². The molecule has 410 valence electrons. The largest absolute Gasteiger partial charge is 0.443 e. The predicted molar refractivity (Wildman–Crippen MR) is 188 cm³/mol. The van der Waals surface area contributed by atoms with Crippen LogP contribution in [-0.2, 0) is 65.0 Å². The second kappa shape index (κ2) is 24.8. The minimum atomic E-state index is -6.92. The molecule has 0 bridgehead atoms. The van der Waals surface area contributed by atoms with Crippen LogP contribution < -0.4 is 0 Å². The Hall–Kier alpha value is -0.630. The highest BCUT2D eigenvalue weighted by Crippen LogP contribution is 2.55. The third-order valence-electron chi connectivity index (χ3n) is 7.31. The van der Waals surface area contributed by atoms with E-state index >= 15 is 0 Å². The van der Waals surface area contributed by atoms with Crippen molar-refractivity contribution in [3.05, 3.63) is 0 Å². The van der Waals surface area contributed by atoms with Crippen molar-refractivity contribution in [2.75, 3.05) is 33.0 Å². The Morgan fingerprint density at radius 3 is 0.754 bits per heavy atom. The highest BCUT2D eigenvalue weighted by atomic mass is 127. The number of rotatable bonds is 35. The topological polar surface area (TPSA) is 209 Å². The molecule has 0 aliphatic carbocycles. The Bertz CT molecular complexity index is 1880. The number of halogens is 27. The van der Waals surface area contributed by atoms with Crippen LogP contribution >= 0.6 is 86.6 Å². The SMILES string of the molecule is O=IC(COCC(COCC(CC(F)(F)C(F)(F)OC(F)(F)C(F)(F)P(=O)=O)I=O)OCC(CC(F)(F)C(F)(F)OC(F)(F)C(F)(F)P(=O)=O)I=O)CC(F)(F)C(F)(F)OC(F)(F)C(F)(F)P(=O)=O. The molecule has 15 nitrogen and oxygen atoms in total. The first-order chi connectivity index (χ1) is 30.5. The summed E-state index contributed by atoms with van der Waals surface area (Å²) in [6.45, 7) is -8.15. The number of alkyl halides is 27. The summed E-state index contributed by atoms with van der Waals surface area (Å²) in [6.07, 6.45) is -51.4. The van der Waals surface area contributed by atoms with E-state index in [1.54, 1.807) is 0 Å². The Morgan fingerprint density at radius 2 is 0.551 bits per heavy atom. The quantitative estimate of drug-likeness (QED) is 0.0250. The van der Waals surface area contributed by atoms with Gasteiger partial charge in [-0.1, -0.05) is 0 Å². The van der Waals surface area contributed by atoms with Gasteiger partial charge in [0.2, 0.25) is 0 Å². The van der Waals surface area contributed by atoms with E-state index in [4.69, 9.17) is 4.74 Å². The lowest BCUT2D eigenvalue weighted by Gasteiger charge is -2.32. The molecule has 0 aliphatic rings. The van der Waals surface area contributed by atoms with E-state index in [2.05, 4.69) is 23.7 Å². The van der Waals surface area contributed by atoms with E-state index in [0.29, 0.717) is 0 Å². The summed E-state index contributed by atoms with van der Waals surface area (Å²) in [5.41, 5.74) is -19.7. The van der Waals surface area contributed by atoms with Gasteiger partial charge in [-0.05, 0) is 0 Å². The molecule has 0 radical (unpaired) electrons. The smallest absolute Gasteiger partial charge is 0.377 e. The van der Waals surface area contributed by atoms with Gasteiger partial charge in [0.1, 0.15) is 69.7 Å². The molecule has 3 atom stereocenters.